The van der Waals surface area contributed by atoms with Gasteiger partial charge in [-0.05, 0) is 18.2 Å². The summed E-state index contributed by atoms with van der Waals surface area (Å²) in [5.74, 6) is 0.544. The summed E-state index contributed by atoms with van der Waals surface area (Å²) in [6.07, 6.45) is 0.619. The normalized spacial score (nSPS) is 10.4. The average Bonchev–Trinajstić information content (AvgIpc) is 2.52. The Morgan fingerprint density at radius 1 is 1.50 bits per heavy atom. The molecule has 2 rings (SSSR count). The fraction of sp³-hybridized carbons (Fsp3) is 0.100. The predicted molar refractivity (Wildman–Crippen MR) is 51.9 cm³/mol. The van der Waals surface area contributed by atoms with Crippen LogP contribution >= 0.6 is 0 Å². The maximum atomic E-state index is 10.7. The molecule has 0 saturated heterocycles. The number of rotatable bonds is 2. The van der Waals surface area contributed by atoms with Crippen molar-refractivity contribution in [2.24, 2.45) is 0 Å². The third kappa shape index (κ3) is 1.12. The molecule has 2 aromatic rings. The number of aromatic nitrogens is 1. The Morgan fingerprint density at radius 3 is 2.93 bits per heavy atom. The van der Waals surface area contributed by atoms with E-state index in [1.54, 1.807) is 25.3 Å². The fourth-order valence-electron chi connectivity index (χ4n) is 1.42. The molecule has 1 heterocycles. The molecule has 0 bridgehead atoms. The zero-order valence-electron chi connectivity index (χ0n) is 7.57. The van der Waals surface area contributed by atoms with Gasteiger partial charge in [-0.1, -0.05) is 0 Å². The number of carbonyl (C=O) groups excluding carboxylic acids is 1. The van der Waals surface area contributed by atoms with Crippen LogP contribution in [0.4, 0.5) is 0 Å². The molecule has 14 heavy (non-hydrogen) atoms. The molecule has 0 atom stereocenters. The molecule has 0 fully saturated rings. The SMILES string of the molecule is COc1ccc2[nH]c(O)c(C=O)c2c1. The lowest BCUT2D eigenvalue weighted by Gasteiger charge is -1.98. The third-order valence-corrected chi connectivity index (χ3v) is 2.14. The molecule has 1 aromatic heterocycles. The molecule has 0 unspecified atom stereocenters. The van der Waals surface area contributed by atoms with Crippen LogP contribution in [0.25, 0.3) is 10.9 Å². The Bertz CT molecular complexity index is 487. The lowest BCUT2D eigenvalue weighted by molar-refractivity contribution is 0.112. The molecule has 0 aliphatic heterocycles. The largest absolute Gasteiger partial charge is 0.497 e. The van der Waals surface area contributed by atoms with Gasteiger partial charge in [0, 0.05) is 10.9 Å². The zero-order valence-corrected chi connectivity index (χ0v) is 7.57. The van der Waals surface area contributed by atoms with Crippen LogP contribution in [0.3, 0.4) is 0 Å². The van der Waals surface area contributed by atoms with Gasteiger partial charge in [-0.3, -0.25) is 4.79 Å². The first-order valence-electron chi connectivity index (χ1n) is 4.10. The standard InChI is InChI=1S/C10H9NO3/c1-14-6-2-3-9-7(4-6)8(5-12)10(13)11-9/h2-5,11,13H,1H3. The summed E-state index contributed by atoms with van der Waals surface area (Å²) in [7, 11) is 1.55. The lowest BCUT2D eigenvalue weighted by atomic mass is 10.2. The number of aromatic hydroxyl groups is 1. The van der Waals surface area contributed by atoms with E-state index < -0.39 is 0 Å². The summed E-state index contributed by atoms with van der Waals surface area (Å²) in [5.41, 5.74) is 0.976. The highest BCUT2D eigenvalue weighted by Gasteiger charge is 2.09. The molecule has 0 amide bonds. The molecule has 4 nitrogen and oxygen atoms in total. The summed E-state index contributed by atoms with van der Waals surface area (Å²) >= 11 is 0. The fourth-order valence-corrected chi connectivity index (χ4v) is 1.42. The highest BCUT2D eigenvalue weighted by Crippen LogP contribution is 2.28. The van der Waals surface area contributed by atoms with Crippen molar-refractivity contribution < 1.29 is 14.6 Å². The van der Waals surface area contributed by atoms with Crippen LogP contribution in [0.2, 0.25) is 0 Å². The van der Waals surface area contributed by atoms with Gasteiger partial charge in [-0.25, -0.2) is 0 Å². The molecule has 0 saturated carbocycles. The van der Waals surface area contributed by atoms with Gasteiger partial charge < -0.3 is 14.8 Å². The van der Waals surface area contributed by atoms with Crippen LogP contribution in [0.5, 0.6) is 11.6 Å². The van der Waals surface area contributed by atoms with Gasteiger partial charge in [0.1, 0.15) is 5.75 Å². The molecular weight excluding hydrogens is 182 g/mol. The molecule has 72 valence electrons. The van der Waals surface area contributed by atoms with Crippen molar-refractivity contribution >= 4 is 17.2 Å². The van der Waals surface area contributed by atoms with E-state index in [0.29, 0.717) is 22.9 Å². The van der Waals surface area contributed by atoms with Gasteiger partial charge in [0.05, 0.1) is 12.7 Å². The van der Waals surface area contributed by atoms with Crippen molar-refractivity contribution in [3.05, 3.63) is 23.8 Å². The van der Waals surface area contributed by atoms with E-state index >= 15 is 0 Å². The van der Waals surface area contributed by atoms with Crippen LogP contribution in [-0.2, 0) is 0 Å². The van der Waals surface area contributed by atoms with Gasteiger partial charge >= 0.3 is 0 Å². The van der Waals surface area contributed by atoms with Gasteiger partial charge in [0.2, 0.25) is 0 Å². The lowest BCUT2D eigenvalue weighted by Crippen LogP contribution is -1.82. The first kappa shape index (κ1) is 8.62. The Kier molecular flexibility index (Phi) is 1.89. The van der Waals surface area contributed by atoms with Crippen molar-refractivity contribution in [2.45, 2.75) is 0 Å². The maximum absolute atomic E-state index is 10.7. The topological polar surface area (TPSA) is 62.3 Å². The Balaban J connectivity index is 2.77. The second-order valence-electron chi connectivity index (χ2n) is 2.92. The van der Waals surface area contributed by atoms with E-state index in [9.17, 15) is 9.90 Å². The number of hydrogen-bond donors (Lipinski definition) is 2. The second kappa shape index (κ2) is 3.06. The van der Waals surface area contributed by atoms with E-state index in [4.69, 9.17) is 4.74 Å². The number of methoxy groups -OCH3 is 1. The van der Waals surface area contributed by atoms with Crippen molar-refractivity contribution in [3.8, 4) is 11.6 Å². The number of hydrogen-bond acceptors (Lipinski definition) is 3. The van der Waals surface area contributed by atoms with Crippen LogP contribution in [0.1, 0.15) is 10.4 Å². The molecule has 1 aromatic carbocycles. The minimum absolute atomic E-state index is 0.108. The number of nitrogens with one attached hydrogen (secondary N) is 1. The number of aldehydes is 1. The summed E-state index contributed by atoms with van der Waals surface area (Å²) in [5, 5.41) is 10.0. The van der Waals surface area contributed by atoms with E-state index in [0.717, 1.165) is 0 Å². The molecule has 0 aliphatic carbocycles. The van der Waals surface area contributed by atoms with Gasteiger partial charge in [0.25, 0.3) is 0 Å². The summed E-state index contributed by atoms with van der Waals surface area (Å²) < 4.78 is 5.02. The number of benzene rings is 1. The number of H-pyrrole nitrogens is 1. The summed E-state index contributed by atoms with van der Waals surface area (Å²) in [4.78, 5) is 13.4. The van der Waals surface area contributed by atoms with Crippen LogP contribution < -0.4 is 4.74 Å². The van der Waals surface area contributed by atoms with E-state index in [1.807, 2.05) is 0 Å². The summed E-state index contributed by atoms with van der Waals surface area (Å²) in [6, 6.07) is 5.21. The smallest absolute Gasteiger partial charge is 0.200 e. The van der Waals surface area contributed by atoms with Crippen molar-refractivity contribution in [2.75, 3.05) is 7.11 Å². The molecular formula is C10H9NO3. The zero-order chi connectivity index (χ0) is 10.1. The quantitative estimate of drug-likeness (QED) is 0.710. The van der Waals surface area contributed by atoms with E-state index in [-0.39, 0.29) is 11.4 Å². The van der Waals surface area contributed by atoms with Gasteiger partial charge in [-0.2, -0.15) is 0 Å². The first-order chi connectivity index (χ1) is 6.76. The minimum Gasteiger partial charge on any atom is -0.497 e. The molecule has 2 N–H and O–H groups in total. The first-order valence-corrected chi connectivity index (χ1v) is 4.10. The summed E-state index contributed by atoms with van der Waals surface area (Å²) in [6.45, 7) is 0. The molecule has 4 heteroatoms. The maximum Gasteiger partial charge on any atom is 0.200 e. The van der Waals surface area contributed by atoms with Crippen molar-refractivity contribution in [1.29, 1.82) is 0 Å². The Hall–Kier alpha value is -1.97. The number of fused-ring (bicyclic) bond motifs is 1. The Morgan fingerprint density at radius 2 is 2.29 bits per heavy atom. The van der Waals surface area contributed by atoms with Gasteiger partial charge in [-0.15, -0.1) is 0 Å². The van der Waals surface area contributed by atoms with E-state index in [2.05, 4.69) is 4.98 Å². The second-order valence-corrected chi connectivity index (χ2v) is 2.92. The molecule has 0 aliphatic rings. The van der Waals surface area contributed by atoms with Crippen molar-refractivity contribution in [1.82, 2.24) is 4.98 Å². The average molecular weight is 191 g/mol. The van der Waals surface area contributed by atoms with Crippen LogP contribution in [-0.4, -0.2) is 23.5 Å². The number of aromatic amines is 1. The highest BCUT2D eigenvalue weighted by atomic mass is 16.5. The number of carbonyl (C=O) groups is 1. The molecule has 0 radical (unpaired) electrons. The van der Waals surface area contributed by atoms with Crippen LogP contribution in [0, 0.1) is 0 Å². The monoisotopic (exact) mass is 191 g/mol. The minimum atomic E-state index is -0.108. The predicted octanol–water partition coefficient (Wildman–Crippen LogP) is 1.69. The van der Waals surface area contributed by atoms with Gasteiger partial charge in [0.15, 0.2) is 12.2 Å². The highest BCUT2D eigenvalue weighted by molar-refractivity contribution is 6.00. The Labute approximate surface area is 80.1 Å². The van der Waals surface area contributed by atoms with Crippen molar-refractivity contribution in [3.63, 3.8) is 0 Å². The number of ether oxygens (including phenoxy) is 1. The van der Waals surface area contributed by atoms with E-state index in [1.165, 1.54) is 0 Å². The third-order valence-electron chi connectivity index (χ3n) is 2.14. The molecule has 0 spiro atoms. The van der Waals surface area contributed by atoms with Crippen LogP contribution in [0.15, 0.2) is 18.2 Å².